The van der Waals surface area contributed by atoms with E-state index in [1.807, 2.05) is 54.4 Å². The molecular weight excluding hydrogens is 1020 g/mol. The molecule has 406 valence electrons. The van der Waals surface area contributed by atoms with Crippen LogP contribution in [0.2, 0.25) is 5.02 Å². The first kappa shape index (κ1) is 52.4. The molecule has 77 heavy (non-hydrogen) atoms. The molecule has 6 fully saturated rings. The molecule has 2 bridgehead atoms. The molecule has 4 aromatic carbocycles. The van der Waals surface area contributed by atoms with Crippen LogP contribution >= 0.6 is 11.6 Å². The predicted molar refractivity (Wildman–Crippen MR) is 279 cm³/mol. The molecule has 5 heterocycles. The number of nitrogens with one attached hydrogen (secondary N) is 2. The lowest BCUT2D eigenvalue weighted by atomic mass is 9.56. The number of rotatable bonds is 13. The van der Waals surface area contributed by atoms with Crippen LogP contribution in [0, 0.1) is 28.7 Å². The van der Waals surface area contributed by atoms with Gasteiger partial charge in [-0.3, -0.25) is 29.3 Å². The fourth-order valence-electron chi connectivity index (χ4n) is 13.5. The number of urea groups is 1. The number of imide groups is 1. The topological polar surface area (TPSA) is 185 Å². The highest BCUT2D eigenvalue weighted by atomic mass is 35.5. The van der Waals surface area contributed by atoms with Crippen LogP contribution in [0.25, 0.3) is 22.0 Å². The summed E-state index contributed by atoms with van der Waals surface area (Å²) in [6.45, 7) is 3.91. The summed E-state index contributed by atoms with van der Waals surface area (Å²) in [5, 5.41) is 19.5. The van der Waals surface area contributed by atoms with E-state index in [0.717, 1.165) is 56.9 Å². The summed E-state index contributed by atoms with van der Waals surface area (Å²) in [5.41, 5.74) is 4.36. The Labute approximate surface area is 447 Å². The van der Waals surface area contributed by atoms with Gasteiger partial charge in [-0.25, -0.2) is 22.4 Å². The van der Waals surface area contributed by atoms with Gasteiger partial charge in [0, 0.05) is 84.3 Å². The number of nitrogens with two attached hydrogens (primary N) is 1. The fraction of sp³-hybridized carbons (Fsp3) is 0.456. The van der Waals surface area contributed by atoms with Crippen LogP contribution in [-0.4, -0.2) is 106 Å². The van der Waals surface area contributed by atoms with Gasteiger partial charge in [-0.1, -0.05) is 48.9 Å². The lowest BCUT2D eigenvalue weighted by molar-refractivity contribution is -0.151. The minimum Gasteiger partial charge on any atom is -0.488 e. The minimum atomic E-state index is -1.25. The van der Waals surface area contributed by atoms with E-state index in [-0.39, 0.29) is 93.5 Å². The van der Waals surface area contributed by atoms with Gasteiger partial charge in [0.05, 0.1) is 22.6 Å². The normalized spacial score (nSPS) is 25.1. The van der Waals surface area contributed by atoms with E-state index in [1.165, 1.54) is 33.8 Å². The number of fused-ring (bicyclic) bond motifs is 5. The average Bonchev–Trinajstić information content (AvgIpc) is 4.14. The first-order valence-electron chi connectivity index (χ1n) is 26.6. The van der Waals surface area contributed by atoms with Crippen LogP contribution in [0.1, 0.15) is 116 Å². The molecule has 4 aliphatic heterocycles. The molecule has 0 radical (unpaired) electrons. The maximum Gasteiger partial charge on any atom is 0.329 e. The zero-order valence-corrected chi connectivity index (χ0v) is 43.7. The zero-order chi connectivity index (χ0) is 54.1. The molecule has 5 amide bonds. The summed E-state index contributed by atoms with van der Waals surface area (Å²) in [6, 6.07) is 13.9. The number of ether oxygens (including phenoxy) is 2. The summed E-state index contributed by atoms with van der Waals surface area (Å²) >= 11 is 6.73. The second-order valence-corrected chi connectivity index (χ2v) is 22.1. The Bertz CT molecular complexity index is 3210. The highest BCUT2D eigenvalue weighted by Crippen LogP contribution is 2.58. The van der Waals surface area contributed by atoms with Crippen LogP contribution in [0.15, 0.2) is 66.9 Å². The van der Waals surface area contributed by atoms with E-state index in [9.17, 15) is 24.3 Å². The van der Waals surface area contributed by atoms with Crippen molar-refractivity contribution in [3.05, 3.63) is 117 Å². The molecule has 2 atom stereocenters. The van der Waals surface area contributed by atoms with Crippen molar-refractivity contribution in [2.45, 2.75) is 107 Å². The molecule has 3 saturated heterocycles. The summed E-state index contributed by atoms with van der Waals surface area (Å²) in [7, 11) is 1.56. The largest absolute Gasteiger partial charge is 0.488 e. The third kappa shape index (κ3) is 8.95. The third-order valence-electron chi connectivity index (χ3n) is 17.7. The molecule has 15 nitrogen and oxygen atoms in total. The molecule has 0 spiro atoms. The first-order chi connectivity index (χ1) is 37.0. The van der Waals surface area contributed by atoms with E-state index >= 15 is 17.6 Å². The number of carbonyl (C=O) groups excluding carboxylic acids is 4. The summed E-state index contributed by atoms with van der Waals surface area (Å²) < 4.78 is 78.3. The summed E-state index contributed by atoms with van der Waals surface area (Å²) in [5.74, 6) is -5.45. The van der Waals surface area contributed by atoms with Gasteiger partial charge in [0.15, 0.2) is 28.8 Å². The number of aromatic nitrogens is 2. The number of amides is 5. The molecular formula is C57H61ClF4N8O7. The smallest absolute Gasteiger partial charge is 0.329 e. The predicted octanol–water partition coefficient (Wildman–Crippen LogP) is 8.82. The van der Waals surface area contributed by atoms with Crippen molar-refractivity contribution < 1.29 is 51.3 Å². The lowest BCUT2D eigenvalue weighted by Crippen LogP contribution is -2.59. The standard InChI is InChI=1S/C57H61ClF4N8O7/c1-32-43-41(31-39(60)47(58)46(43)45-36(51(63)73)8-9-40(48(45)61)76-29-28-71)77-57(32,34-6-4-3-5-7-34)21-22-64-56-18-15-55(16-19-56,17-20-56)53(74)69-25-12-35(13-26-69)68-23-10-33(11-24-68)44-38(59)30-37-50(49(44)62)67(2)66-52(37)70-27-14-42(72)65-54(70)75/h3-9,21-22,30-33,35,64,71H,10-20,23-29H2,1-2H3,(H2,63,73)(H,65,72,75)/b22-21-/t32-,55?,56?,57-/m0/s1. The monoisotopic (exact) mass is 1080 g/mol. The van der Waals surface area contributed by atoms with Crippen molar-refractivity contribution in [3.63, 3.8) is 0 Å². The Morgan fingerprint density at radius 3 is 2.27 bits per heavy atom. The molecule has 3 aliphatic carbocycles. The van der Waals surface area contributed by atoms with Crippen molar-refractivity contribution in [2.75, 3.05) is 50.8 Å². The quantitative estimate of drug-likeness (QED) is 0.0831. The molecule has 3 saturated carbocycles. The van der Waals surface area contributed by atoms with Gasteiger partial charge in [-0.05, 0) is 119 Å². The van der Waals surface area contributed by atoms with Crippen molar-refractivity contribution in [1.82, 2.24) is 30.2 Å². The van der Waals surface area contributed by atoms with Gasteiger partial charge < -0.3 is 35.4 Å². The molecule has 0 unspecified atom stereocenters. The van der Waals surface area contributed by atoms with Gasteiger partial charge in [0.25, 0.3) is 0 Å². The molecule has 5 N–H and O–H groups in total. The van der Waals surface area contributed by atoms with Crippen LogP contribution < -0.4 is 30.7 Å². The second-order valence-electron chi connectivity index (χ2n) is 21.7. The van der Waals surface area contributed by atoms with Gasteiger partial charge >= 0.3 is 6.03 Å². The average molecular weight is 1080 g/mol. The molecule has 5 aromatic rings. The second kappa shape index (κ2) is 20.3. The van der Waals surface area contributed by atoms with E-state index in [4.69, 9.17) is 26.8 Å². The minimum absolute atomic E-state index is 0.0313. The van der Waals surface area contributed by atoms with Crippen molar-refractivity contribution >= 4 is 52.1 Å². The Morgan fingerprint density at radius 1 is 0.909 bits per heavy atom. The van der Waals surface area contributed by atoms with E-state index < -0.39 is 69.7 Å². The maximum atomic E-state index is 16.5. The highest BCUT2D eigenvalue weighted by molar-refractivity contribution is 6.34. The number of nitrogens with zero attached hydrogens (tertiary/aromatic N) is 5. The van der Waals surface area contributed by atoms with Crippen LogP contribution in [-0.2, 0) is 22.2 Å². The number of aliphatic hydroxyl groups is 1. The Balaban J connectivity index is 0.735. The number of aliphatic hydroxyl groups excluding tert-OH is 1. The highest BCUT2D eigenvalue weighted by Gasteiger charge is 2.54. The van der Waals surface area contributed by atoms with Crippen molar-refractivity contribution in [2.24, 2.45) is 18.2 Å². The SMILES string of the molecule is C[C@H]1c2c(cc(F)c(Cl)c2-c2c(C(N)=O)ccc(OCCO)c2F)O[C@]1(/C=C\NC12CCC(C(=O)N3CCC(N4CCC(c5c(F)cc6c(N7CCC(=O)NC7=O)nn(C)c6c5F)CC4)CC3)(CC1)CC2)c1ccccc1. The summed E-state index contributed by atoms with van der Waals surface area (Å²) in [6.07, 6.45) is 11.1. The van der Waals surface area contributed by atoms with Crippen LogP contribution in [0.4, 0.5) is 28.2 Å². The number of likely N-dealkylation sites (tertiary alicyclic amines) is 2. The van der Waals surface area contributed by atoms with E-state index in [2.05, 4.69) is 20.6 Å². The maximum absolute atomic E-state index is 16.5. The van der Waals surface area contributed by atoms with E-state index in [1.54, 1.807) is 7.05 Å². The molecule has 1 aromatic heterocycles. The van der Waals surface area contributed by atoms with E-state index in [0.29, 0.717) is 44.6 Å². The Hall–Kier alpha value is -6.70. The Morgan fingerprint density at radius 2 is 1.61 bits per heavy atom. The number of aryl methyl sites for hydroxylation is 1. The zero-order valence-electron chi connectivity index (χ0n) is 42.9. The number of primary amides is 1. The lowest BCUT2D eigenvalue weighted by Gasteiger charge is -2.54. The fourth-order valence-corrected chi connectivity index (χ4v) is 13.8. The number of anilines is 1. The molecule has 12 rings (SSSR count). The van der Waals surface area contributed by atoms with Crippen molar-refractivity contribution in [3.8, 4) is 22.6 Å². The van der Waals surface area contributed by atoms with Gasteiger partial charge in [-0.2, -0.15) is 5.10 Å². The first-order valence-corrected chi connectivity index (χ1v) is 26.9. The van der Waals surface area contributed by atoms with Crippen LogP contribution in [0.3, 0.4) is 0 Å². The van der Waals surface area contributed by atoms with Gasteiger partial charge in [0.1, 0.15) is 29.5 Å². The van der Waals surface area contributed by atoms with Crippen LogP contribution in [0.5, 0.6) is 11.5 Å². The number of carbonyl (C=O) groups is 4. The summed E-state index contributed by atoms with van der Waals surface area (Å²) in [4.78, 5) is 57.3. The van der Waals surface area contributed by atoms with Crippen molar-refractivity contribution in [1.29, 1.82) is 0 Å². The third-order valence-corrected chi connectivity index (χ3v) is 18.1. The van der Waals surface area contributed by atoms with Gasteiger partial charge in [-0.15, -0.1) is 0 Å². The number of halogens is 5. The number of benzene rings is 4. The number of piperidine rings is 2. The number of hydrogen-bond donors (Lipinski definition) is 4. The van der Waals surface area contributed by atoms with Gasteiger partial charge in [0.2, 0.25) is 17.7 Å². The Kier molecular flexibility index (Phi) is 13.8. The number of hydrogen-bond acceptors (Lipinski definition) is 10. The molecule has 20 heteroatoms. The molecule has 7 aliphatic rings.